The standard InChI is InChI=1S/C23H32N3O10/c1-4-10-20(29)36-17-26-22(31)24(11-15-33-13-8-7-9-14-34-18(27)5-2)21(30)25(23(26)32)12-16-35-19(28)6-3/h5-6,17H,2-4,7-16H2,1H3/q+1. The molecule has 1 rings (SSSR count). The molecule has 0 N–H and O–H groups in total. The molecule has 0 saturated carbocycles. The monoisotopic (exact) mass is 510 g/mol. The first kappa shape index (κ1) is 30.2. The van der Waals surface area contributed by atoms with Gasteiger partial charge in [-0.1, -0.05) is 24.7 Å². The van der Waals surface area contributed by atoms with Gasteiger partial charge in [0.2, 0.25) is 6.40 Å². The van der Waals surface area contributed by atoms with E-state index in [0.29, 0.717) is 41.7 Å². The van der Waals surface area contributed by atoms with Gasteiger partial charge < -0.3 is 18.9 Å². The molecule has 0 bridgehead atoms. The lowest BCUT2D eigenvalue weighted by Crippen LogP contribution is -2.61. The SMILES string of the molecule is C=CC(=O)OCCCCCOCCN1C(=O)N(CCOC(=O)C=C)C(=O)[N+](=COC(=O)CCC)C1=O. The second-order valence-electron chi connectivity index (χ2n) is 7.28. The zero-order chi connectivity index (χ0) is 26.9. The summed E-state index contributed by atoms with van der Waals surface area (Å²) in [7, 11) is 0. The lowest BCUT2D eigenvalue weighted by Gasteiger charge is -2.26. The summed E-state index contributed by atoms with van der Waals surface area (Å²) in [5, 5.41) is 0. The highest BCUT2D eigenvalue weighted by Crippen LogP contribution is 2.12. The van der Waals surface area contributed by atoms with Gasteiger partial charge in [0.25, 0.3) is 0 Å². The number of ether oxygens (including phenoxy) is 4. The highest BCUT2D eigenvalue weighted by molar-refractivity contribution is 6.06. The van der Waals surface area contributed by atoms with E-state index in [1.165, 1.54) is 0 Å². The van der Waals surface area contributed by atoms with Crippen LogP contribution in [0.2, 0.25) is 0 Å². The number of rotatable bonds is 17. The Kier molecular flexibility index (Phi) is 14.0. The van der Waals surface area contributed by atoms with Crippen LogP contribution in [0.15, 0.2) is 25.3 Å². The van der Waals surface area contributed by atoms with Gasteiger partial charge in [-0.3, -0.25) is 4.79 Å². The second kappa shape index (κ2) is 16.7. The average Bonchev–Trinajstić information content (AvgIpc) is 2.86. The quantitative estimate of drug-likeness (QED) is 0.0710. The van der Waals surface area contributed by atoms with Gasteiger partial charge >= 0.3 is 36.0 Å². The van der Waals surface area contributed by atoms with Crippen molar-refractivity contribution in [2.24, 2.45) is 0 Å². The molecule has 36 heavy (non-hydrogen) atoms. The number of imide groups is 3. The number of urea groups is 3. The molecule has 1 heterocycles. The molecule has 0 unspecified atom stereocenters. The maximum atomic E-state index is 12.8. The maximum Gasteiger partial charge on any atom is 0.458 e. The molecule has 1 aliphatic rings. The van der Waals surface area contributed by atoms with Crippen molar-refractivity contribution >= 4 is 42.4 Å². The summed E-state index contributed by atoms with van der Waals surface area (Å²) in [6.45, 7) is 8.04. The Balaban J connectivity index is 2.70. The molecule has 0 aromatic heterocycles. The number of hydrogen-bond donors (Lipinski definition) is 0. The smallest absolute Gasteiger partial charge is 0.458 e. The molecule has 0 aromatic rings. The minimum atomic E-state index is -1.06. The minimum Gasteiger partial charge on any atom is -0.463 e. The molecular formula is C23H32N3O10+. The number of carbonyl (C=O) groups is 6. The molecule has 13 nitrogen and oxygen atoms in total. The normalized spacial score (nSPS) is 14.6. The van der Waals surface area contributed by atoms with Crippen molar-refractivity contribution < 1.29 is 52.3 Å². The van der Waals surface area contributed by atoms with E-state index in [1.54, 1.807) is 6.92 Å². The van der Waals surface area contributed by atoms with Crippen molar-refractivity contribution in [1.82, 2.24) is 9.80 Å². The van der Waals surface area contributed by atoms with E-state index in [1.807, 2.05) is 0 Å². The largest absolute Gasteiger partial charge is 0.463 e. The Bertz CT molecular complexity index is 883. The molecule has 1 fully saturated rings. The summed E-state index contributed by atoms with van der Waals surface area (Å²) >= 11 is 0. The van der Waals surface area contributed by atoms with Gasteiger partial charge in [0, 0.05) is 25.2 Å². The maximum absolute atomic E-state index is 12.8. The van der Waals surface area contributed by atoms with Crippen LogP contribution < -0.4 is 0 Å². The first-order chi connectivity index (χ1) is 17.3. The lowest BCUT2D eigenvalue weighted by molar-refractivity contribution is -0.353. The van der Waals surface area contributed by atoms with Crippen LogP contribution in [0, 0.1) is 0 Å². The van der Waals surface area contributed by atoms with E-state index in [4.69, 9.17) is 18.9 Å². The van der Waals surface area contributed by atoms with Crippen LogP contribution in [0.5, 0.6) is 0 Å². The second-order valence-corrected chi connectivity index (χ2v) is 7.28. The van der Waals surface area contributed by atoms with E-state index in [9.17, 15) is 28.8 Å². The van der Waals surface area contributed by atoms with E-state index >= 15 is 0 Å². The van der Waals surface area contributed by atoms with Gasteiger partial charge in [-0.2, -0.15) is 9.80 Å². The molecule has 198 valence electrons. The third kappa shape index (κ3) is 10.2. The van der Waals surface area contributed by atoms with Crippen LogP contribution in [0.25, 0.3) is 0 Å². The van der Waals surface area contributed by atoms with Crippen LogP contribution in [0.1, 0.15) is 39.0 Å². The number of unbranched alkanes of at least 4 members (excludes halogenated alkanes) is 2. The highest BCUT2D eigenvalue weighted by atomic mass is 16.5. The number of nitrogens with zero attached hydrogens (tertiary/aromatic N) is 3. The Labute approximate surface area is 208 Å². The van der Waals surface area contributed by atoms with Crippen molar-refractivity contribution in [1.29, 1.82) is 0 Å². The third-order valence-corrected chi connectivity index (χ3v) is 4.61. The molecule has 0 radical (unpaired) electrons. The van der Waals surface area contributed by atoms with Crippen molar-refractivity contribution in [3.63, 3.8) is 0 Å². The summed E-state index contributed by atoms with van der Waals surface area (Å²) < 4.78 is 20.5. The molecule has 0 spiro atoms. The van der Waals surface area contributed by atoms with Crippen LogP contribution in [-0.4, -0.2) is 96.3 Å². The molecule has 0 aliphatic carbocycles. The first-order valence-corrected chi connectivity index (χ1v) is 11.4. The van der Waals surface area contributed by atoms with Crippen molar-refractivity contribution in [2.45, 2.75) is 39.0 Å². The van der Waals surface area contributed by atoms with E-state index in [2.05, 4.69) is 13.2 Å². The predicted molar refractivity (Wildman–Crippen MR) is 124 cm³/mol. The first-order valence-electron chi connectivity index (χ1n) is 11.4. The van der Waals surface area contributed by atoms with E-state index in [-0.39, 0.29) is 39.3 Å². The van der Waals surface area contributed by atoms with Crippen molar-refractivity contribution in [2.75, 3.05) is 39.5 Å². The zero-order valence-electron chi connectivity index (χ0n) is 20.3. The highest BCUT2D eigenvalue weighted by Gasteiger charge is 2.50. The topological polar surface area (TPSA) is 149 Å². The summed E-state index contributed by atoms with van der Waals surface area (Å²) in [5.74, 6) is -1.89. The predicted octanol–water partition coefficient (Wildman–Crippen LogP) is 1.99. The van der Waals surface area contributed by atoms with Crippen LogP contribution in [-0.2, 0) is 33.3 Å². The fourth-order valence-electron chi connectivity index (χ4n) is 2.77. The molecule has 1 saturated heterocycles. The minimum absolute atomic E-state index is 0.0140. The molecular weight excluding hydrogens is 478 g/mol. The average molecular weight is 511 g/mol. The molecule has 13 heteroatoms. The molecule has 1 aliphatic heterocycles. The van der Waals surface area contributed by atoms with Gasteiger partial charge in [-0.25, -0.2) is 24.0 Å². The summed E-state index contributed by atoms with van der Waals surface area (Å²) in [6, 6.07) is -3.00. The summed E-state index contributed by atoms with van der Waals surface area (Å²) in [5.41, 5.74) is 0. The molecule has 0 aromatic carbocycles. The summed E-state index contributed by atoms with van der Waals surface area (Å²) in [4.78, 5) is 73.6. The van der Waals surface area contributed by atoms with E-state index in [0.717, 1.165) is 23.5 Å². The lowest BCUT2D eigenvalue weighted by atomic mass is 10.2. The van der Waals surface area contributed by atoms with Crippen LogP contribution in [0.4, 0.5) is 14.4 Å². The van der Waals surface area contributed by atoms with Crippen molar-refractivity contribution in [3.05, 3.63) is 25.3 Å². The van der Waals surface area contributed by atoms with Crippen LogP contribution >= 0.6 is 0 Å². The van der Waals surface area contributed by atoms with Gasteiger partial charge in [-0.15, -0.1) is 0 Å². The number of hydrogen-bond acceptors (Lipinski definition) is 10. The Morgan fingerprint density at radius 1 is 0.833 bits per heavy atom. The fourth-order valence-corrected chi connectivity index (χ4v) is 2.77. The molecule has 0 atom stereocenters. The third-order valence-electron chi connectivity index (χ3n) is 4.61. The van der Waals surface area contributed by atoms with Gasteiger partial charge in [0.15, 0.2) is 0 Å². The summed E-state index contributed by atoms with van der Waals surface area (Å²) in [6.07, 6.45) is 5.26. The zero-order valence-corrected chi connectivity index (χ0v) is 20.3. The number of amides is 6. The fraction of sp³-hybridized carbons (Fsp3) is 0.522. The Morgan fingerprint density at radius 3 is 1.97 bits per heavy atom. The van der Waals surface area contributed by atoms with Crippen LogP contribution in [0.3, 0.4) is 0 Å². The Hall–Kier alpha value is -3.87. The van der Waals surface area contributed by atoms with E-state index < -0.39 is 36.0 Å². The number of carbonyl (C=O) groups excluding carboxylic acids is 6. The van der Waals surface area contributed by atoms with Gasteiger partial charge in [-0.05, 0) is 25.7 Å². The van der Waals surface area contributed by atoms with Gasteiger partial charge in [0.1, 0.15) is 19.7 Å². The Morgan fingerprint density at radius 2 is 1.39 bits per heavy atom. The van der Waals surface area contributed by atoms with Gasteiger partial charge in [0.05, 0.1) is 13.2 Å². The van der Waals surface area contributed by atoms with Crippen molar-refractivity contribution in [3.8, 4) is 0 Å². The number of esters is 3. The molecule has 6 amide bonds.